The van der Waals surface area contributed by atoms with E-state index in [9.17, 15) is 19.1 Å². The minimum atomic E-state index is -1.33. The van der Waals surface area contributed by atoms with Gasteiger partial charge in [0, 0.05) is 38.3 Å². The van der Waals surface area contributed by atoms with Crippen molar-refractivity contribution in [3.63, 3.8) is 0 Å². The van der Waals surface area contributed by atoms with Gasteiger partial charge in [-0.25, -0.2) is 9.18 Å². The number of carboxylic acid groups (broad SMARTS) is 1. The van der Waals surface area contributed by atoms with E-state index in [1.165, 1.54) is 16.9 Å². The van der Waals surface area contributed by atoms with Crippen LogP contribution in [0.3, 0.4) is 0 Å². The Hall–Kier alpha value is -2.61. The molecule has 1 aromatic heterocycles. The van der Waals surface area contributed by atoms with Crippen LogP contribution in [0.15, 0.2) is 23.1 Å². The van der Waals surface area contributed by atoms with Gasteiger partial charge < -0.3 is 20.3 Å². The summed E-state index contributed by atoms with van der Waals surface area (Å²) in [5, 5.41) is 9.31. The molecule has 2 aliphatic rings. The van der Waals surface area contributed by atoms with Crippen LogP contribution in [0.1, 0.15) is 30.1 Å². The predicted octanol–water partition coefficient (Wildman–Crippen LogP) is 1.93. The van der Waals surface area contributed by atoms with E-state index in [1.807, 2.05) is 0 Å². The normalized spacial score (nSPS) is 22.5. The molecule has 0 radical (unpaired) electrons. The third-order valence-corrected chi connectivity index (χ3v) is 6.29. The number of carbonyl (C=O) groups is 1. The molecule has 1 aromatic carbocycles. The third kappa shape index (κ3) is 2.92. The van der Waals surface area contributed by atoms with Crippen LogP contribution in [-0.4, -0.2) is 60.4 Å². The lowest BCUT2D eigenvalue weighted by Gasteiger charge is -2.26. The van der Waals surface area contributed by atoms with Crippen LogP contribution in [0.2, 0.25) is 0 Å². The Balaban J connectivity index is 1.75. The first kappa shape index (κ1) is 18.7. The molecule has 3 heterocycles. The number of aromatic nitrogens is 1. The summed E-state index contributed by atoms with van der Waals surface area (Å²) < 4.78 is 16.4. The van der Waals surface area contributed by atoms with Crippen LogP contribution in [0.4, 0.5) is 10.1 Å². The van der Waals surface area contributed by atoms with E-state index in [0.29, 0.717) is 11.2 Å². The summed E-state index contributed by atoms with van der Waals surface area (Å²) in [7, 11) is 1.63. The molecule has 0 amide bonds. The molecule has 1 unspecified atom stereocenters. The highest BCUT2D eigenvalue weighted by Gasteiger charge is 2.43. The first-order chi connectivity index (χ1) is 13.4. The summed E-state index contributed by atoms with van der Waals surface area (Å²) in [6.07, 6.45) is 3.39. The molecule has 2 N–H and O–H groups in total. The van der Waals surface area contributed by atoms with Gasteiger partial charge in [-0.3, -0.25) is 9.47 Å². The maximum Gasteiger partial charge on any atom is 0.341 e. The number of aromatic carboxylic acids is 1. The largest absolute Gasteiger partial charge is 0.477 e. The number of anilines is 1. The van der Waals surface area contributed by atoms with Gasteiger partial charge in [-0.05, 0) is 38.1 Å². The van der Waals surface area contributed by atoms with Crippen LogP contribution in [0.5, 0.6) is 0 Å². The molecule has 0 saturated carbocycles. The summed E-state index contributed by atoms with van der Waals surface area (Å²) in [5.74, 6) is -1.82. The summed E-state index contributed by atoms with van der Waals surface area (Å²) in [4.78, 5) is 28.3. The van der Waals surface area contributed by atoms with E-state index in [2.05, 4.69) is 22.1 Å². The average Bonchev–Trinajstić information content (AvgIpc) is 3.28. The maximum atomic E-state index is 15.0. The number of hydrogen-bond acceptors (Lipinski definition) is 5. The van der Waals surface area contributed by atoms with Gasteiger partial charge in [0.25, 0.3) is 0 Å². The van der Waals surface area contributed by atoms with Gasteiger partial charge >= 0.3 is 5.97 Å². The summed E-state index contributed by atoms with van der Waals surface area (Å²) in [6.45, 7) is 6.89. The number of rotatable bonds is 4. The minimum absolute atomic E-state index is 0.0578. The van der Waals surface area contributed by atoms with Crippen molar-refractivity contribution >= 4 is 22.6 Å². The summed E-state index contributed by atoms with van der Waals surface area (Å²) >= 11 is 0. The van der Waals surface area contributed by atoms with E-state index < -0.39 is 17.2 Å². The van der Waals surface area contributed by atoms with Crippen molar-refractivity contribution in [2.75, 3.05) is 50.1 Å². The second kappa shape index (κ2) is 6.77. The molecule has 0 bridgehead atoms. The van der Waals surface area contributed by atoms with Crippen LogP contribution in [0.25, 0.3) is 10.9 Å². The number of nitrogens with zero attached hydrogens (tertiary/aromatic N) is 3. The average molecular weight is 388 g/mol. The number of likely N-dealkylation sites (tertiary alicyclic amines) is 1. The quantitative estimate of drug-likeness (QED) is 0.834. The van der Waals surface area contributed by atoms with E-state index in [-0.39, 0.29) is 16.4 Å². The topological polar surface area (TPSA) is 77.8 Å². The molecule has 28 heavy (non-hydrogen) atoms. The number of fused-ring (bicyclic) bond motifs is 1. The molecule has 150 valence electrons. The fraction of sp³-hybridized carbons (Fsp3) is 0.500. The smallest absolute Gasteiger partial charge is 0.341 e. The van der Waals surface area contributed by atoms with Gasteiger partial charge in [0.15, 0.2) is 0 Å². The second-order valence-electron chi connectivity index (χ2n) is 7.88. The molecule has 1 atom stereocenters. The fourth-order valence-corrected chi connectivity index (χ4v) is 4.69. The molecular formula is C20H25FN4O3. The molecule has 0 aliphatic carbocycles. The molecule has 2 aromatic rings. The lowest BCUT2D eigenvalue weighted by atomic mass is 9.86. The number of nitrogens with one attached hydrogen (secondary N) is 1. The zero-order valence-corrected chi connectivity index (χ0v) is 16.2. The molecule has 2 saturated heterocycles. The van der Waals surface area contributed by atoms with E-state index in [4.69, 9.17) is 0 Å². The second-order valence-corrected chi connectivity index (χ2v) is 7.88. The highest BCUT2D eigenvalue weighted by molar-refractivity contribution is 5.93. The zero-order chi connectivity index (χ0) is 20.1. The van der Waals surface area contributed by atoms with Gasteiger partial charge in [-0.1, -0.05) is 6.92 Å². The molecule has 2 aliphatic heterocycles. The lowest BCUT2D eigenvalue weighted by molar-refractivity contribution is 0.0695. The monoisotopic (exact) mass is 388 g/mol. The van der Waals surface area contributed by atoms with Crippen molar-refractivity contribution in [2.24, 2.45) is 5.41 Å². The molecular weight excluding hydrogens is 363 g/mol. The molecule has 7 nitrogen and oxygen atoms in total. The van der Waals surface area contributed by atoms with Crippen molar-refractivity contribution in [2.45, 2.75) is 19.8 Å². The van der Waals surface area contributed by atoms with Gasteiger partial charge in [-0.15, -0.1) is 0 Å². The van der Waals surface area contributed by atoms with E-state index in [0.717, 1.165) is 45.6 Å². The standard InChI is InChI=1S/C20H25FN4O3/c1-3-23-6-4-20(11-23)5-7-24(12-20)17-9-16-13(8-15(17)21)18(26)14(19(27)28)10-25(16)22-2/h8-10,22H,3-7,11-12H2,1-2H3,(H,27,28). The molecule has 1 spiro atoms. The van der Waals surface area contributed by atoms with Crippen molar-refractivity contribution in [1.29, 1.82) is 0 Å². The number of halogens is 1. The summed E-state index contributed by atoms with van der Waals surface area (Å²) in [5.41, 5.74) is 2.93. The highest BCUT2D eigenvalue weighted by atomic mass is 19.1. The first-order valence-electron chi connectivity index (χ1n) is 9.65. The van der Waals surface area contributed by atoms with Gasteiger partial charge in [0.05, 0.1) is 16.6 Å². The maximum absolute atomic E-state index is 15.0. The van der Waals surface area contributed by atoms with Crippen molar-refractivity contribution in [1.82, 2.24) is 9.58 Å². The van der Waals surface area contributed by atoms with Gasteiger partial charge in [-0.2, -0.15) is 0 Å². The Bertz CT molecular complexity index is 1010. The third-order valence-electron chi connectivity index (χ3n) is 6.29. The van der Waals surface area contributed by atoms with Crippen molar-refractivity contribution < 1.29 is 14.3 Å². The predicted molar refractivity (Wildman–Crippen MR) is 106 cm³/mol. The molecule has 2 fully saturated rings. The van der Waals surface area contributed by atoms with E-state index in [1.54, 1.807) is 13.1 Å². The van der Waals surface area contributed by atoms with Gasteiger partial charge in [0.2, 0.25) is 5.43 Å². The van der Waals surface area contributed by atoms with Gasteiger partial charge in [0.1, 0.15) is 11.4 Å². The summed E-state index contributed by atoms with van der Waals surface area (Å²) in [6, 6.07) is 2.82. The Morgan fingerprint density at radius 2 is 2.04 bits per heavy atom. The number of benzene rings is 1. The van der Waals surface area contributed by atoms with Crippen LogP contribution >= 0.6 is 0 Å². The number of carboxylic acids is 1. The van der Waals surface area contributed by atoms with Crippen molar-refractivity contribution in [3.05, 3.63) is 39.9 Å². The van der Waals surface area contributed by atoms with E-state index >= 15 is 0 Å². The Kier molecular flexibility index (Phi) is 4.53. The SMILES string of the molecule is CCN1CCC2(CCN(c3cc4c(cc3F)c(=O)c(C(=O)O)cn4NC)C2)C1. The first-order valence-corrected chi connectivity index (χ1v) is 9.65. The Morgan fingerprint density at radius 3 is 2.68 bits per heavy atom. The van der Waals surface area contributed by atoms with Crippen LogP contribution in [0, 0.1) is 11.2 Å². The number of hydrogen-bond donors (Lipinski definition) is 2. The Morgan fingerprint density at radius 1 is 1.29 bits per heavy atom. The number of pyridine rings is 1. The molecule has 4 rings (SSSR count). The highest BCUT2D eigenvalue weighted by Crippen LogP contribution is 2.41. The lowest BCUT2D eigenvalue weighted by Crippen LogP contribution is -2.31. The van der Waals surface area contributed by atoms with Crippen molar-refractivity contribution in [3.8, 4) is 0 Å². The van der Waals surface area contributed by atoms with Crippen LogP contribution in [-0.2, 0) is 0 Å². The Labute approximate surface area is 162 Å². The zero-order valence-electron chi connectivity index (χ0n) is 16.2. The fourth-order valence-electron chi connectivity index (χ4n) is 4.69. The minimum Gasteiger partial charge on any atom is -0.477 e. The molecule has 8 heteroatoms. The van der Waals surface area contributed by atoms with Crippen LogP contribution < -0.4 is 15.8 Å².